The number of aromatic nitrogens is 2. The van der Waals surface area contributed by atoms with Crippen LogP contribution in [0.25, 0.3) is 5.69 Å². The molecule has 1 fully saturated rings. The number of para-hydroxylation sites is 1. The Morgan fingerprint density at radius 1 is 1.33 bits per heavy atom. The molecule has 21 heavy (non-hydrogen) atoms. The second-order valence-electron chi connectivity index (χ2n) is 5.04. The monoisotopic (exact) mass is 285 g/mol. The van der Waals surface area contributed by atoms with Gasteiger partial charge in [-0.3, -0.25) is 4.79 Å². The Morgan fingerprint density at radius 3 is 2.81 bits per heavy atom. The van der Waals surface area contributed by atoms with E-state index in [4.69, 9.17) is 5.11 Å². The number of carbonyl (C=O) groups excluding carboxylic acids is 1. The molecule has 1 aliphatic rings. The predicted molar refractivity (Wildman–Crippen MR) is 74.8 cm³/mol. The molecule has 3 rings (SSSR count). The molecule has 0 saturated carbocycles. The third-order valence-corrected chi connectivity index (χ3v) is 3.62. The van der Waals surface area contributed by atoms with Crippen LogP contribution in [0.15, 0.2) is 42.7 Å². The lowest BCUT2D eigenvalue weighted by Crippen LogP contribution is -2.37. The molecule has 1 unspecified atom stereocenters. The van der Waals surface area contributed by atoms with Gasteiger partial charge < -0.3 is 10.0 Å². The lowest BCUT2D eigenvalue weighted by molar-refractivity contribution is -0.146. The van der Waals surface area contributed by atoms with Gasteiger partial charge in [0.25, 0.3) is 0 Å². The van der Waals surface area contributed by atoms with Crippen molar-refractivity contribution in [1.29, 1.82) is 0 Å². The normalized spacial score (nSPS) is 18.2. The van der Waals surface area contributed by atoms with E-state index in [1.807, 2.05) is 36.5 Å². The molecule has 0 spiro atoms. The minimum atomic E-state index is -0.948. The molecule has 0 aliphatic carbocycles. The van der Waals surface area contributed by atoms with Crippen LogP contribution < -0.4 is 0 Å². The van der Waals surface area contributed by atoms with Crippen molar-refractivity contribution in [3.05, 3.63) is 48.3 Å². The van der Waals surface area contributed by atoms with Gasteiger partial charge in [-0.1, -0.05) is 18.2 Å². The van der Waals surface area contributed by atoms with Gasteiger partial charge in [-0.25, -0.2) is 9.48 Å². The van der Waals surface area contributed by atoms with Gasteiger partial charge in [-0.2, -0.15) is 5.10 Å². The number of carboxylic acids is 1. The van der Waals surface area contributed by atoms with E-state index >= 15 is 0 Å². The third-order valence-electron chi connectivity index (χ3n) is 3.62. The molecule has 2 heterocycles. The van der Waals surface area contributed by atoms with E-state index < -0.39 is 12.0 Å². The summed E-state index contributed by atoms with van der Waals surface area (Å²) >= 11 is 0. The molecule has 1 atom stereocenters. The lowest BCUT2D eigenvalue weighted by atomic mass is 10.2. The number of nitrogens with zero attached hydrogens (tertiary/aromatic N) is 3. The van der Waals surface area contributed by atoms with Gasteiger partial charge in [0.15, 0.2) is 0 Å². The Balaban J connectivity index is 1.78. The predicted octanol–water partition coefficient (Wildman–Crippen LogP) is 1.45. The van der Waals surface area contributed by atoms with Gasteiger partial charge in [0, 0.05) is 24.7 Å². The van der Waals surface area contributed by atoms with Crippen LogP contribution in [-0.4, -0.2) is 37.7 Å². The highest BCUT2D eigenvalue weighted by atomic mass is 16.4. The van der Waals surface area contributed by atoms with Crippen molar-refractivity contribution in [2.75, 3.05) is 0 Å². The highest BCUT2D eigenvalue weighted by Gasteiger charge is 2.35. The molecular formula is C15H15N3O3. The van der Waals surface area contributed by atoms with Crippen LogP contribution >= 0.6 is 0 Å². The Morgan fingerprint density at radius 2 is 2.10 bits per heavy atom. The second kappa shape index (κ2) is 5.40. The second-order valence-corrected chi connectivity index (χ2v) is 5.04. The summed E-state index contributed by atoms with van der Waals surface area (Å²) in [5.41, 5.74) is 1.74. The molecule has 1 amide bonds. The van der Waals surface area contributed by atoms with Crippen LogP contribution in [0.2, 0.25) is 0 Å². The average Bonchev–Trinajstić information content (AvgIpc) is 3.08. The topological polar surface area (TPSA) is 75.4 Å². The van der Waals surface area contributed by atoms with Crippen LogP contribution in [0.5, 0.6) is 0 Å². The molecule has 0 bridgehead atoms. The maximum Gasteiger partial charge on any atom is 0.326 e. The zero-order chi connectivity index (χ0) is 14.8. The van der Waals surface area contributed by atoms with E-state index in [1.54, 1.807) is 10.9 Å². The molecule has 108 valence electrons. The summed E-state index contributed by atoms with van der Waals surface area (Å²) in [5.74, 6) is -1.06. The van der Waals surface area contributed by atoms with Gasteiger partial charge in [-0.15, -0.1) is 0 Å². The fourth-order valence-electron chi connectivity index (χ4n) is 2.55. The average molecular weight is 285 g/mol. The van der Waals surface area contributed by atoms with Crippen LogP contribution in [0.3, 0.4) is 0 Å². The number of hydrogen-bond acceptors (Lipinski definition) is 3. The van der Waals surface area contributed by atoms with Gasteiger partial charge in [0.1, 0.15) is 6.04 Å². The standard InChI is InChI=1S/C15H15N3O3/c19-14-7-6-13(15(20)21)17(14)9-11-8-16-18(10-11)12-4-2-1-3-5-12/h1-5,8,10,13H,6-7,9H2,(H,20,21). The number of carbonyl (C=O) groups is 2. The largest absolute Gasteiger partial charge is 0.480 e. The van der Waals surface area contributed by atoms with Crippen LogP contribution in [0.4, 0.5) is 0 Å². The summed E-state index contributed by atoms with van der Waals surface area (Å²) in [6.07, 6.45) is 4.15. The molecule has 2 aromatic rings. The van der Waals surface area contributed by atoms with Crippen molar-refractivity contribution < 1.29 is 14.7 Å². The summed E-state index contributed by atoms with van der Waals surface area (Å²) in [7, 11) is 0. The quantitative estimate of drug-likeness (QED) is 0.922. The van der Waals surface area contributed by atoms with Crippen LogP contribution in [0, 0.1) is 0 Å². The number of benzene rings is 1. The van der Waals surface area contributed by atoms with E-state index in [1.165, 1.54) is 4.90 Å². The molecule has 6 nitrogen and oxygen atoms in total. The third kappa shape index (κ3) is 2.65. The Hall–Kier alpha value is -2.63. The Kier molecular flexibility index (Phi) is 3.43. The molecular weight excluding hydrogens is 270 g/mol. The summed E-state index contributed by atoms with van der Waals surface area (Å²) in [4.78, 5) is 24.4. The van der Waals surface area contributed by atoms with Crippen molar-refractivity contribution in [3.8, 4) is 5.69 Å². The van der Waals surface area contributed by atoms with Crippen molar-refractivity contribution in [2.24, 2.45) is 0 Å². The number of rotatable bonds is 4. The van der Waals surface area contributed by atoms with Crippen molar-refractivity contribution >= 4 is 11.9 Å². The van der Waals surface area contributed by atoms with Crippen molar-refractivity contribution in [1.82, 2.24) is 14.7 Å². The highest BCUT2D eigenvalue weighted by molar-refractivity contribution is 5.87. The molecule has 0 radical (unpaired) electrons. The first-order valence-electron chi connectivity index (χ1n) is 6.76. The smallest absolute Gasteiger partial charge is 0.326 e. The fraction of sp³-hybridized carbons (Fsp3) is 0.267. The number of amides is 1. The molecule has 1 saturated heterocycles. The summed E-state index contributed by atoms with van der Waals surface area (Å²) in [6, 6.07) is 8.89. The minimum absolute atomic E-state index is 0.116. The van der Waals surface area contributed by atoms with Crippen molar-refractivity contribution in [3.63, 3.8) is 0 Å². The zero-order valence-electron chi connectivity index (χ0n) is 11.3. The lowest BCUT2D eigenvalue weighted by Gasteiger charge is -2.20. The van der Waals surface area contributed by atoms with Crippen molar-refractivity contribution in [2.45, 2.75) is 25.4 Å². The Labute approximate surface area is 121 Å². The van der Waals surface area contributed by atoms with Gasteiger partial charge >= 0.3 is 5.97 Å². The van der Waals surface area contributed by atoms with E-state index in [0.29, 0.717) is 12.8 Å². The number of likely N-dealkylation sites (tertiary alicyclic amines) is 1. The SMILES string of the molecule is O=C(O)C1CCC(=O)N1Cc1cnn(-c2ccccc2)c1. The number of carboxylic acid groups (broad SMARTS) is 1. The van der Waals surface area contributed by atoms with Gasteiger partial charge in [-0.05, 0) is 18.6 Å². The first kappa shape index (κ1) is 13.4. The summed E-state index contributed by atoms with van der Waals surface area (Å²) in [6.45, 7) is 0.280. The van der Waals surface area contributed by atoms with E-state index in [0.717, 1.165) is 11.3 Å². The first-order valence-corrected chi connectivity index (χ1v) is 6.76. The van der Waals surface area contributed by atoms with Crippen LogP contribution in [-0.2, 0) is 16.1 Å². The minimum Gasteiger partial charge on any atom is -0.480 e. The first-order chi connectivity index (χ1) is 10.1. The van der Waals surface area contributed by atoms with E-state index in [2.05, 4.69) is 5.10 Å². The number of hydrogen-bond donors (Lipinski definition) is 1. The maximum absolute atomic E-state index is 11.8. The van der Waals surface area contributed by atoms with Gasteiger partial charge in [0.05, 0.1) is 11.9 Å². The van der Waals surface area contributed by atoms with Crippen LogP contribution in [0.1, 0.15) is 18.4 Å². The molecule has 1 aromatic heterocycles. The summed E-state index contributed by atoms with van der Waals surface area (Å²) < 4.78 is 1.71. The molecule has 1 aromatic carbocycles. The number of aliphatic carboxylic acids is 1. The molecule has 6 heteroatoms. The molecule has 1 aliphatic heterocycles. The van der Waals surface area contributed by atoms with Gasteiger partial charge in [0.2, 0.25) is 5.91 Å². The summed E-state index contributed by atoms with van der Waals surface area (Å²) in [5, 5.41) is 13.4. The maximum atomic E-state index is 11.8. The van der Waals surface area contributed by atoms with E-state index in [9.17, 15) is 9.59 Å². The Bertz CT molecular complexity index is 666. The fourth-order valence-corrected chi connectivity index (χ4v) is 2.55. The van der Waals surface area contributed by atoms with E-state index in [-0.39, 0.29) is 12.5 Å². The highest BCUT2D eigenvalue weighted by Crippen LogP contribution is 2.21. The zero-order valence-corrected chi connectivity index (χ0v) is 11.3. The molecule has 1 N–H and O–H groups in total.